The van der Waals surface area contributed by atoms with Crippen molar-refractivity contribution in [2.75, 3.05) is 13.2 Å². The molecule has 5 nitrogen and oxygen atoms in total. The zero-order chi connectivity index (χ0) is 16.1. The first-order valence-corrected chi connectivity index (χ1v) is 7.37. The molecule has 0 radical (unpaired) electrons. The minimum absolute atomic E-state index is 0.106. The van der Waals surface area contributed by atoms with E-state index in [9.17, 15) is 9.90 Å². The minimum Gasteiger partial charge on any atom is -0.482 e. The highest BCUT2D eigenvalue weighted by Gasteiger charge is 2.12. The number of carbonyl (C=O) groups is 1. The summed E-state index contributed by atoms with van der Waals surface area (Å²) in [6, 6.07) is 8.37. The van der Waals surface area contributed by atoms with Crippen LogP contribution in [0.2, 0.25) is 10.0 Å². The Hall–Kier alpha value is -1.69. The fraction of sp³-hybridized carbons (Fsp3) is 0.267. The third-order valence-corrected chi connectivity index (χ3v) is 3.60. The van der Waals surface area contributed by atoms with Crippen molar-refractivity contribution in [3.05, 3.63) is 52.3 Å². The Morgan fingerprint density at radius 1 is 1.41 bits per heavy atom. The molecule has 2 rings (SSSR count). The monoisotopic (exact) mass is 342 g/mol. The summed E-state index contributed by atoms with van der Waals surface area (Å²) in [5.74, 6) is 0.0310. The normalized spacial score (nSPS) is 12.0. The summed E-state index contributed by atoms with van der Waals surface area (Å²) in [5.41, 5.74) is 0.724. The molecule has 1 amide bonds. The Balaban J connectivity index is 1.80. The summed E-state index contributed by atoms with van der Waals surface area (Å²) in [5, 5.41) is 13.4. The van der Waals surface area contributed by atoms with Crippen LogP contribution in [-0.2, 0) is 11.8 Å². The first-order chi connectivity index (χ1) is 10.5. The van der Waals surface area contributed by atoms with E-state index in [4.69, 9.17) is 27.9 Å². The van der Waals surface area contributed by atoms with E-state index in [1.165, 1.54) is 6.07 Å². The van der Waals surface area contributed by atoms with Gasteiger partial charge in [0.25, 0.3) is 5.91 Å². The summed E-state index contributed by atoms with van der Waals surface area (Å²) >= 11 is 11.7. The van der Waals surface area contributed by atoms with Gasteiger partial charge in [-0.15, -0.1) is 0 Å². The molecule has 0 unspecified atom stereocenters. The van der Waals surface area contributed by atoms with E-state index >= 15 is 0 Å². The zero-order valence-corrected chi connectivity index (χ0v) is 13.4. The predicted molar refractivity (Wildman–Crippen MR) is 85.3 cm³/mol. The Morgan fingerprint density at radius 2 is 2.18 bits per heavy atom. The number of carbonyl (C=O) groups excluding carboxylic acids is 1. The molecular weight excluding hydrogens is 327 g/mol. The molecule has 0 fully saturated rings. The lowest BCUT2D eigenvalue weighted by atomic mass is 10.2. The number of aromatic nitrogens is 1. The Labute approximate surface area is 138 Å². The molecule has 0 saturated heterocycles. The molecule has 1 aromatic carbocycles. The standard InChI is InChI=1S/C15H16Cl2N2O3/c1-19-6-2-3-12(19)13(20)8-18-15(21)9-22-14-5-4-10(16)7-11(14)17/h2-7,13,20H,8-9H2,1H3,(H,18,21)/t13-/m1/s1. The first kappa shape index (κ1) is 16.7. The second kappa shape index (κ2) is 7.54. The molecule has 118 valence electrons. The average molecular weight is 343 g/mol. The number of halogens is 2. The van der Waals surface area contributed by atoms with Gasteiger partial charge < -0.3 is 19.7 Å². The number of nitrogens with zero attached hydrogens (tertiary/aromatic N) is 1. The number of ether oxygens (including phenoxy) is 1. The van der Waals surface area contributed by atoms with Gasteiger partial charge in [-0.25, -0.2) is 0 Å². The zero-order valence-electron chi connectivity index (χ0n) is 11.9. The van der Waals surface area contributed by atoms with Crippen LogP contribution in [0.3, 0.4) is 0 Å². The number of aliphatic hydroxyl groups excluding tert-OH is 1. The average Bonchev–Trinajstić information content (AvgIpc) is 2.90. The summed E-state index contributed by atoms with van der Waals surface area (Å²) in [4.78, 5) is 11.7. The van der Waals surface area contributed by atoms with Crippen molar-refractivity contribution in [2.24, 2.45) is 7.05 Å². The van der Waals surface area contributed by atoms with E-state index in [2.05, 4.69) is 5.32 Å². The molecule has 0 aliphatic carbocycles. The summed E-state index contributed by atoms with van der Waals surface area (Å²) < 4.78 is 7.10. The molecule has 7 heteroatoms. The number of hydrogen-bond acceptors (Lipinski definition) is 3. The Kier molecular flexibility index (Phi) is 5.71. The lowest BCUT2D eigenvalue weighted by Gasteiger charge is -2.13. The highest BCUT2D eigenvalue weighted by Crippen LogP contribution is 2.27. The van der Waals surface area contributed by atoms with Crippen LogP contribution in [0.5, 0.6) is 5.75 Å². The second-order valence-electron chi connectivity index (χ2n) is 4.73. The van der Waals surface area contributed by atoms with Crippen molar-refractivity contribution >= 4 is 29.1 Å². The molecule has 0 aliphatic heterocycles. The summed E-state index contributed by atoms with van der Waals surface area (Å²) in [6.07, 6.45) is 1.05. The maximum atomic E-state index is 11.7. The van der Waals surface area contributed by atoms with Gasteiger partial charge in [0, 0.05) is 30.5 Å². The number of benzene rings is 1. The molecule has 2 N–H and O–H groups in total. The highest BCUT2D eigenvalue weighted by molar-refractivity contribution is 6.35. The number of aryl methyl sites for hydroxylation is 1. The van der Waals surface area contributed by atoms with Gasteiger partial charge in [-0.3, -0.25) is 4.79 Å². The van der Waals surface area contributed by atoms with E-state index in [-0.39, 0.29) is 19.1 Å². The van der Waals surface area contributed by atoms with Crippen LogP contribution in [0.25, 0.3) is 0 Å². The van der Waals surface area contributed by atoms with Crippen LogP contribution in [0.4, 0.5) is 0 Å². The molecule has 1 atom stereocenters. The lowest BCUT2D eigenvalue weighted by molar-refractivity contribution is -0.123. The quantitative estimate of drug-likeness (QED) is 0.847. The van der Waals surface area contributed by atoms with Crippen molar-refractivity contribution < 1.29 is 14.6 Å². The van der Waals surface area contributed by atoms with Gasteiger partial charge >= 0.3 is 0 Å². The third kappa shape index (κ3) is 4.40. The first-order valence-electron chi connectivity index (χ1n) is 6.61. The summed E-state index contributed by atoms with van der Waals surface area (Å²) in [6.45, 7) is -0.0877. The van der Waals surface area contributed by atoms with Crippen LogP contribution in [0, 0.1) is 0 Å². The van der Waals surface area contributed by atoms with Gasteiger partial charge in [-0.1, -0.05) is 23.2 Å². The Bertz CT molecular complexity index is 658. The van der Waals surface area contributed by atoms with Crippen LogP contribution >= 0.6 is 23.2 Å². The van der Waals surface area contributed by atoms with Gasteiger partial charge in [-0.2, -0.15) is 0 Å². The number of amides is 1. The molecule has 1 heterocycles. The highest BCUT2D eigenvalue weighted by atomic mass is 35.5. The van der Waals surface area contributed by atoms with Crippen molar-refractivity contribution in [2.45, 2.75) is 6.10 Å². The fourth-order valence-electron chi connectivity index (χ4n) is 1.92. The van der Waals surface area contributed by atoms with Crippen molar-refractivity contribution in [1.29, 1.82) is 0 Å². The van der Waals surface area contributed by atoms with Gasteiger partial charge in [0.15, 0.2) is 6.61 Å². The maximum Gasteiger partial charge on any atom is 0.258 e. The fourth-order valence-corrected chi connectivity index (χ4v) is 2.39. The van der Waals surface area contributed by atoms with Gasteiger partial charge in [-0.05, 0) is 30.3 Å². The maximum absolute atomic E-state index is 11.7. The molecule has 22 heavy (non-hydrogen) atoms. The van der Waals surface area contributed by atoms with Crippen LogP contribution in [-0.4, -0.2) is 28.7 Å². The molecule has 0 saturated carbocycles. The van der Waals surface area contributed by atoms with Crippen LogP contribution in [0.1, 0.15) is 11.8 Å². The van der Waals surface area contributed by atoms with Gasteiger partial charge in [0.05, 0.1) is 5.02 Å². The van der Waals surface area contributed by atoms with Gasteiger partial charge in [0.1, 0.15) is 11.9 Å². The third-order valence-electron chi connectivity index (χ3n) is 3.07. The van der Waals surface area contributed by atoms with Crippen molar-refractivity contribution in [3.8, 4) is 5.75 Å². The molecule has 1 aromatic heterocycles. The molecule has 0 aliphatic rings. The molecule has 0 bridgehead atoms. The number of hydrogen-bond donors (Lipinski definition) is 2. The molecule has 0 spiro atoms. The number of rotatable bonds is 6. The number of nitrogens with one attached hydrogen (secondary N) is 1. The van der Waals surface area contributed by atoms with E-state index in [1.54, 1.807) is 22.8 Å². The smallest absolute Gasteiger partial charge is 0.258 e. The van der Waals surface area contributed by atoms with E-state index in [1.807, 2.05) is 19.3 Å². The van der Waals surface area contributed by atoms with E-state index in [0.29, 0.717) is 15.8 Å². The molecular formula is C15H16Cl2N2O3. The topological polar surface area (TPSA) is 63.5 Å². The van der Waals surface area contributed by atoms with E-state index < -0.39 is 6.10 Å². The number of aliphatic hydroxyl groups is 1. The van der Waals surface area contributed by atoms with Crippen LogP contribution in [0.15, 0.2) is 36.5 Å². The van der Waals surface area contributed by atoms with Crippen LogP contribution < -0.4 is 10.1 Å². The lowest BCUT2D eigenvalue weighted by Crippen LogP contribution is -2.32. The van der Waals surface area contributed by atoms with E-state index in [0.717, 1.165) is 5.69 Å². The van der Waals surface area contributed by atoms with Gasteiger partial charge in [0.2, 0.25) is 0 Å². The van der Waals surface area contributed by atoms with Crippen molar-refractivity contribution in [3.63, 3.8) is 0 Å². The molecule has 2 aromatic rings. The second-order valence-corrected chi connectivity index (χ2v) is 5.57. The SMILES string of the molecule is Cn1cccc1[C@H](O)CNC(=O)COc1ccc(Cl)cc1Cl. The van der Waals surface area contributed by atoms with Crippen molar-refractivity contribution in [1.82, 2.24) is 9.88 Å². The Morgan fingerprint density at radius 3 is 2.82 bits per heavy atom. The minimum atomic E-state index is -0.775. The predicted octanol–water partition coefficient (Wildman–Crippen LogP) is 2.56. The summed E-state index contributed by atoms with van der Waals surface area (Å²) in [7, 11) is 1.83. The largest absolute Gasteiger partial charge is 0.482 e.